The molecule has 0 heterocycles. The van der Waals surface area contributed by atoms with Crippen molar-refractivity contribution in [2.75, 3.05) is 27.7 Å². The third-order valence-electron chi connectivity index (χ3n) is 5.83. The molecule has 0 amide bonds. The molecule has 128 valence electrons. The van der Waals surface area contributed by atoms with Gasteiger partial charge in [-0.05, 0) is 47.4 Å². The first kappa shape index (κ1) is 17.9. The molecular formula is C22H28IN. The minimum Gasteiger partial charge on any atom is -1.00 e. The Kier molecular flexibility index (Phi) is 5.08. The molecule has 1 unspecified atom stereocenters. The Balaban J connectivity index is 0.00000169. The van der Waals surface area contributed by atoms with Crippen molar-refractivity contribution in [3.05, 3.63) is 70.8 Å². The first-order valence-electron chi connectivity index (χ1n) is 9.03. The van der Waals surface area contributed by atoms with Crippen molar-refractivity contribution in [3.63, 3.8) is 0 Å². The fourth-order valence-corrected chi connectivity index (χ4v) is 4.87. The van der Waals surface area contributed by atoms with E-state index in [0.717, 1.165) is 10.4 Å². The SMILES string of the molecule is C[N+](C)(C)CCCC1CC2c3ccccc3C1c1ccccc12.[I-]. The predicted molar refractivity (Wildman–Crippen MR) is 96.8 cm³/mol. The molecule has 0 fully saturated rings. The van der Waals surface area contributed by atoms with E-state index >= 15 is 0 Å². The summed E-state index contributed by atoms with van der Waals surface area (Å²) in [7, 11) is 6.91. The van der Waals surface area contributed by atoms with Crippen LogP contribution >= 0.6 is 0 Å². The molecule has 3 aliphatic rings. The van der Waals surface area contributed by atoms with Crippen LogP contribution in [0.2, 0.25) is 0 Å². The van der Waals surface area contributed by atoms with Crippen LogP contribution < -0.4 is 24.0 Å². The van der Waals surface area contributed by atoms with E-state index in [9.17, 15) is 0 Å². The van der Waals surface area contributed by atoms with E-state index in [1.807, 2.05) is 0 Å². The summed E-state index contributed by atoms with van der Waals surface area (Å²) in [5.74, 6) is 2.07. The summed E-state index contributed by atoms with van der Waals surface area (Å²) in [6.45, 7) is 1.27. The van der Waals surface area contributed by atoms with E-state index in [1.165, 1.54) is 25.8 Å². The number of quaternary nitrogens is 1. The average molecular weight is 433 g/mol. The lowest BCUT2D eigenvalue weighted by atomic mass is 9.58. The molecule has 0 N–H and O–H groups in total. The molecule has 2 aromatic carbocycles. The molecule has 0 aromatic heterocycles. The van der Waals surface area contributed by atoms with Crippen LogP contribution in [0.25, 0.3) is 0 Å². The normalized spacial score (nSPS) is 24.0. The van der Waals surface area contributed by atoms with Gasteiger partial charge in [-0.1, -0.05) is 48.5 Å². The van der Waals surface area contributed by atoms with E-state index in [1.54, 1.807) is 22.3 Å². The van der Waals surface area contributed by atoms with Crippen LogP contribution in [0.4, 0.5) is 0 Å². The quantitative estimate of drug-likeness (QED) is 0.510. The monoisotopic (exact) mass is 433 g/mol. The van der Waals surface area contributed by atoms with Crippen LogP contribution in [0.5, 0.6) is 0 Å². The third kappa shape index (κ3) is 3.15. The molecule has 1 nitrogen and oxygen atoms in total. The van der Waals surface area contributed by atoms with Crippen LogP contribution in [-0.2, 0) is 0 Å². The number of hydrogen-bond donors (Lipinski definition) is 0. The highest BCUT2D eigenvalue weighted by Gasteiger charge is 2.42. The van der Waals surface area contributed by atoms with Gasteiger partial charge in [0.05, 0.1) is 27.7 Å². The number of fused-ring (bicyclic) bond motifs is 1. The van der Waals surface area contributed by atoms with Gasteiger partial charge in [-0.3, -0.25) is 0 Å². The highest BCUT2D eigenvalue weighted by atomic mass is 127. The van der Waals surface area contributed by atoms with E-state index in [2.05, 4.69) is 69.7 Å². The highest BCUT2D eigenvalue weighted by Crippen LogP contribution is 2.56. The fraction of sp³-hybridized carbons (Fsp3) is 0.455. The van der Waals surface area contributed by atoms with E-state index < -0.39 is 0 Å². The topological polar surface area (TPSA) is 0 Å². The molecule has 1 atom stereocenters. The van der Waals surface area contributed by atoms with Gasteiger partial charge in [-0.15, -0.1) is 0 Å². The van der Waals surface area contributed by atoms with Crippen molar-refractivity contribution in [2.24, 2.45) is 5.92 Å². The zero-order chi connectivity index (χ0) is 16.0. The number of benzene rings is 2. The Labute approximate surface area is 163 Å². The van der Waals surface area contributed by atoms with Crippen LogP contribution in [0.1, 0.15) is 53.4 Å². The molecule has 24 heavy (non-hydrogen) atoms. The minimum absolute atomic E-state index is 0. The van der Waals surface area contributed by atoms with Gasteiger partial charge in [0.15, 0.2) is 0 Å². The highest BCUT2D eigenvalue weighted by molar-refractivity contribution is 5.55. The second-order valence-corrected chi connectivity index (χ2v) is 8.44. The Morgan fingerprint density at radius 3 is 1.83 bits per heavy atom. The van der Waals surface area contributed by atoms with Crippen molar-refractivity contribution < 1.29 is 28.5 Å². The van der Waals surface area contributed by atoms with E-state index in [-0.39, 0.29) is 24.0 Å². The van der Waals surface area contributed by atoms with E-state index in [4.69, 9.17) is 0 Å². The molecule has 5 rings (SSSR count). The summed E-state index contributed by atoms with van der Waals surface area (Å²) in [5, 5.41) is 0. The smallest absolute Gasteiger partial charge is 0.0780 e. The van der Waals surface area contributed by atoms with Gasteiger partial charge in [0, 0.05) is 11.8 Å². The molecule has 0 radical (unpaired) electrons. The Hall–Kier alpha value is -0.870. The second-order valence-electron chi connectivity index (χ2n) is 8.44. The summed E-state index contributed by atoms with van der Waals surface area (Å²) in [4.78, 5) is 0. The number of halogens is 1. The Bertz CT molecular complexity index is 668. The van der Waals surface area contributed by atoms with Gasteiger partial charge in [0.2, 0.25) is 0 Å². The van der Waals surface area contributed by atoms with Crippen molar-refractivity contribution >= 4 is 0 Å². The number of hydrogen-bond acceptors (Lipinski definition) is 0. The third-order valence-corrected chi connectivity index (χ3v) is 5.83. The van der Waals surface area contributed by atoms with Crippen molar-refractivity contribution in [3.8, 4) is 0 Å². The van der Waals surface area contributed by atoms with Gasteiger partial charge in [0.25, 0.3) is 0 Å². The van der Waals surface area contributed by atoms with Gasteiger partial charge in [-0.2, -0.15) is 0 Å². The summed E-state index contributed by atoms with van der Waals surface area (Å²) in [5.41, 5.74) is 6.41. The molecule has 0 saturated carbocycles. The molecule has 2 aromatic rings. The van der Waals surface area contributed by atoms with Crippen LogP contribution in [0.3, 0.4) is 0 Å². The second kappa shape index (κ2) is 6.80. The average Bonchev–Trinajstić information content (AvgIpc) is 2.54. The zero-order valence-corrected chi connectivity index (χ0v) is 17.2. The van der Waals surface area contributed by atoms with Gasteiger partial charge >= 0.3 is 0 Å². The molecule has 0 spiro atoms. The molecule has 0 aliphatic heterocycles. The van der Waals surface area contributed by atoms with Crippen LogP contribution in [-0.4, -0.2) is 32.2 Å². The zero-order valence-electron chi connectivity index (χ0n) is 15.0. The Morgan fingerprint density at radius 1 is 0.833 bits per heavy atom. The van der Waals surface area contributed by atoms with Crippen LogP contribution in [0.15, 0.2) is 48.5 Å². The summed E-state index contributed by atoms with van der Waals surface area (Å²) < 4.78 is 1.08. The van der Waals surface area contributed by atoms with Crippen molar-refractivity contribution in [1.29, 1.82) is 0 Å². The maximum Gasteiger partial charge on any atom is 0.0780 e. The first-order valence-corrected chi connectivity index (χ1v) is 9.03. The summed E-state index contributed by atoms with van der Waals surface area (Å²) >= 11 is 0. The molecule has 2 bridgehead atoms. The standard InChI is InChI=1S/C22H28N.HI/c1-23(2,3)14-8-9-16-15-21-17-10-4-6-12-19(17)22(16)20-13-7-5-11-18(20)21;/h4-7,10-13,16,21-22H,8-9,14-15H2,1-3H3;1H/q+1;/p-1. The minimum atomic E-state index is 0. The molecule has 0 saturated heterocycles. The maximum atomic E-state index is 2.38. The van der Waals surface area contributed by atoms with Crippen molar-refractivity contribution in [1.82, 2.24) is 0 Å². The predicted octanol–water partition coefficient (Wildman–Crippen LogP) is 1.77. The van der Waals surface area contributed by atoms with Gasteiger partial charge in [-0.25, -0.2) is 0 Å². The lowest BCUT2D eigenvalue weighted by Crippen LogP contribution is -3.00. The molecular weight excluding hydrogens is 405 g/mol. The van der Waals surface area contributed by atoms with Gasteiger partial charge in [0.1, 0.15) is 0 Å². The Morgan fingerprint density at radius 2 is 1.33 bits per heavy atom. The lowest BCUT2D eigenvalue weighted by molar-refractivity contribution is -0.870. The molecule has 3 aliphatic carbocycles. The summed E-state index contributed by atoms with van der Waals surface area (Å²) in [6, 6.07) is 18.4. The van der Waals surface area contributed by atoms with Gasteiger partial charge < -0.3 is 28.5 Å². The van der Waals surface area contributed by atoms with Crippen molar-refractivity contribution in [2.45, 2.75) is 31.1 Å². The molecule has 2 heteroatoms. The van der Waals surface area contributed by atoms with E-state index in [0.29, 0.717) is 11.8 Å². The first-order chi connectivity index (χ1) is 11.0. The fourth-order valence-electron chi connectivity index (χ4n) is 4.87. The number of rotatable bonds is 4. The summed E-state index contributed by atoms with van der Waals surface area (Å²) in [6.07, 6.45) is 4.04. The van der Waals surface area contributed by atoms with Crippen LogP contribution in [0, 0.1) is 5.92 Å². The maximum absolute atomic E-state index is 2.38. The largest absolute Gasteiger partial charge is 1.00 e. The number of nitrogens with zero attached hydrogens (tertiary/aromatic N) is 1. The lowest BCUT2D eigenvalue weighted by Gasteiger charge is -2.46.